The van der Waals surface area contributed by atoms with Crippen LogP contribution in [0.3, 0.4) is 0 Å². The van der Waals surface area contributed by atoms with E-state index in [1.807, 2.05) is 25.1 Å². The first kappa shape index (κ1) is 13.5. The maximum Gasteiger partial charge on any atom is 0.152 e. The van der Waals surface area contributed by atoms with Crippen LogP contribution in [0.2, 0.25) is 5.15 Å². The van der Waals surface area contributed by atoms with Crippen molar-refractivity contribution in [3.05, 3.63) is 47.4 Å². The minimum atomic E-state index is 0.368. The number of ether oxygens (including phenoxy) is 1. The first-order valence-electron chi connectivity index (χ1n) is 6.24. The Morgan fingerprint density at radius 2 is 1.86 bits per heavy atom. The molecule has 0 fully saturated rings. The van der Waals surface area contributed by atoms with Gasteiger partial charge in [0.25, 0.3) is 0 Å². The highest BCUT2D eigenvalue weighted by Crippen LogP contribution is 2.32. The summed E-state index contributed by atoms with van der Waals surface area (Å²) in [6.07, 6.45) is 3.24. The minimum absolute atomic E-state index is 0.368. The largest absolute Gasteiger partial charge is 0.496 e. The van der Waals surface area contributed by atoms with E-state index in [-0.39, 0.29) is 0 Å². The number of methoxy groups -OCH3 is 1. The molecular weight excluding hydrogens is 290 g/mol. The monoisotopic (exact) mass is 301 g/mol. The normalized spacial score (nSPS) is 10.6. The number of halogens is 1. The Balaban J connectivity index is 2.11. The van der Waals surface area contributed by atoms with Gasteiger partial charge in [0.2, 0.25) is 0 Å². The quantitative estimate of drug-likeness (QED) is 0.744. The van der Waals surface area contributed by atoms with Crippen molar-refractivity contribution < 1.29 is 4.74 Å². The lowest BCUT2D eigenvalue weighted by molar-refractivity contribution is 0.415. The van der Waals surface area contributed by atoms with E-state index in [2.05, 4.69) is 20.4 Å². The summed E-state index contributed by atoms with van der Waals surface area (Å²) < 4.78 is 5.45. The molecule has 2 aromatic heterocycles. The number of rotatable bonds is 3. The summed E-state index contributed by atoms with van der Waals surface area (Å²) in [5.41, 5.74) is 3.31. The predicted octanol–water partition coefficient (Wildman–Crippen LogP) is 2.69. The van der Waals surface area contributed by atoms with Gasteiger partial charge < -0.3 is 4.74 Å². The average Bonchev–Trinajstić information content (AvgIpc) is 3.01. The van der Waals surface area contributed by atoms with Crippen LogP contribution < -0.4 is 4.74 Å². The van der Waals surface area contributed by atoms with E-state index in [0.29, 0.717) is 10.9 Å². The van der Waals surface area contributed by atoms with Crippen molar-refractivity contribution in [1.82, 2.24) is 25.2 Å². The number of hydrogen-bond acceptors (Lipinski definition) is 5. The molecular formula is C14H12ClN5O. The Bertz CT molecular complexity index is 773. The molecule has 0 bridgehead atoms. The van der Waals surface area contributed by atoms with Crippen LogP contribution in [0.25, 0.3) is 16.9 Å². The lowest BCUT2D eigenvalue weighted by Crippen LogP contribution is -2.01. The number of nitrogens with zero attached hydrogens (tertiary/aromatic N) is 5. The molecule has 106 valence electrons. The SMILES string of the molecule is COc1cc(-n2nccn2)ccc1-c1nnc(Cl)cc1C. The van der Waals surface area contributed by atoms with E-state index in [1.54, 1.807) is 25.6 Å². The number of aryl methyl sites for hydroxylation is 1. The van der Waals surface area contributed by atoms with E-state index < -0.39 is 0 Å². The van der Waals surface area contributed by atoms with Crippen LogP contribution in [-0.2, 0) is 0 Å². The van der Waals surface area contributed by atoms with Crippen LogP contribution in [0.5, 0.6) is 5.75 Å². The zero-order chi connectivity index (χ0) is 14.8. The minimum Gasteiger partial charge on any atom is -0.496 e. The average molecular weight is 302 g/mol. The Kier molecular flexibility index (Phi) is 3.53. The van der Waals surface area contributed by atoms with Gasteiger partial charge in [0.1, 0.15) is 5.75 Å². The summed E-state index contributed by atoms with van der Waals surface area (Å²) in [5, 5.41) is 16.6. The van der Waals surface area contributed by atoms with Crippen molar-refractivity contribution >= 4 is 11.6 Å². The van der Waals surface area contributed by atoms with E-state index in [9.17, 15) is 0 Å². The molecule has 0 spiro atoms. The summed E-state index contributed by atoms with van der Waals surface area (Å²) in [5.74, 6) is 0.671. The van der Waals surface area contributed by atoms with Crippen molar-refractivity contribution in [2.24, 2.45) is 0 Å². The third kappa shape index (κ3) is 2.57. The molecule has 7 heteroatoms. The highest BCUT2D eigenvalue weighted by molar-refractivity contribution is 6.29. The Morgan fingerprint density at radius 3 is 2.52 bits per heavy atom. The van der Waals surface area contributed by atoms with Gasteiger partial charge in [0, 0.05) is 11.6 Å². The van der Waals surface area contributed by atoms with Gasteiger partial charge in [0.05, 0.1) is 30.9 Å². The molecule has 0 radical (unpaired) electrons. The van der Waals surface area contributed by atoms with Gasteiger partial charge in [-0.2, -0.15) is 15.0 Å². The predicted molar refractivity (Wildman–Crippen MR) is 78.7 cm³/mol. The van der Waals surface area contributed by atoms with Crippen LogP contribution in [-0.4, -0.2) is 32.3 Å². The molecule has 21 heavy (non-hydrogen) atoms. The topological polar surface area (TPSA) is 65.7 Å². The maximum absolute atomic E-state index is 5.85. The second-order valence-electron chi connectivity index (χ2n) is 4.40. The molecule has 0 atom stereocenters. The molecule has 3 rings (SSSR count). The molecule has 3 aromatic rings. The molecule has 0 saturated carbocycles. The van der Waals surface area contributed by atoms with E-state index >= 15 is 0 Å². The molecule has 2 heterocycles. The van der Waals surface area contributed by atoms with Crippen molar-refractivity contribution in [1.29, 1.82) is 0 Å². The number of hydrogen-bond donors (Lipinski definition) is 0. The van der Waals surface area contributed by atoms with Gasteiger partial charge in [-0.05, 0) is 30.7 Å². The van der Waals surface area contributed by atoms with Crippen molar-refractivity contribution in [3.63, 3.8) is 0 Å². The van der Waals surface area contributed by atoms with Gasteiger partial charge in [-0.25, -0.2) is 0 Å². The summed E-state index contributed by atoms with van der Waals surface area (Å²) in [6.45, 7) is 1.93. The molecule has 0 N–H and O–H groups in total. The Hall–Kier alpha value is -2.47. The standard InChI is InChI=1S/C14H12ClN5O/c1-9-7-13(15)18-19-14(9)11-4-3-10(8-12(11)21-2)20-16-5-6-17-20/h3-8H,1-2H3. The molecule has 0 unspecified atom stereocenters. The third-order valence-corrected chi connectivity index (χ3v) is 3.23. The molecule has 0 amide bonds. The molecule has 1 aromatic carbocycles. The van der Waals surface area contributed by atoms with Crippen molar-refractivity contribution in [3.8, 4) is 22.7 Å². The molecule has 6 nitrogen and oxygen atoms in total. The van der Waals surface area contributed by atoms with Crippen molar-refractivity contribution in [2.45, 2.75) is 6.92 Å². The van der Waals surface area contributed by atoms with Gasteiger partial charge in [-0.3, -0.25) is 0 Å². The zero-order valence-electron chi connectivity index (χ0n) is 11.5. The van der Waals surface area contributed by atoms with Gasteiger partial charge >= 0.3 is 0 Å². The van der Waals surface area contributed by atoms with Crippen LogP contribution in [0.15, 0.2) is 36.7 Å². The Morgan fingerprint density at radius 1 is 1.10 bits per heavy atom. The summed E-state index contributed by atoms with van der Waals surface area (Å²) >= 11 is 5.85. The first-order valence-corrected chi connectivity index (χ1v) is 6.62. The van der Waals surface area contributed by atoms with Crippen LogP contribution in [0.1, 0.15) is 5.56 Å². The molecule has 0 saturated heterocycles. The second kappa shape index (κ2) is 5.49. The van der Waals surface area contributed by atoms with E-state index in [0.717, 1.165) is 22.5 Å². The van der Waals surface area contributed by atoms with Gasteiger partial charge in [-0.15, -0.1) is 10.2 Å². The highest BCUT2D eigenvalue weighted by Gasteiger charge is 2.13. The van der Waals surface area contributed by atoms with Gasteiger partial charge in [0.15, 0.2) is 5.15 Å². The lowest BCUT2D eigenvalue weighted by atomic mass is 10.1. The molecule has 0 aliphatic rings. The van der Waals surface area contributed by atoms with Crippen molar-refractivity contribution in [2.75, 3.05) is 7.11 Å². The van der Waals surface area contributed by atoms with E-state index in [4.69, 9.17) is 16.3 Å². The summed E-state index contributed by atoms with van der Waals surface area (Å²) in [4.78, 5) is 1.52. The zero-order valence-corrected chi connectivity index (χ0v) is 12.2. The lowest BCUT2D eigenvalue weighted by Gasteiger charge is -2.11. The third-order valence-electron chi connectivity index (χ3n) is 3.04. The highest BCUT2D eigenvalue weighted by atomic mass is 35.5. The summed E-state index contributed by atoms with van der Waals surface area (Å²) in [6, 6.07) is 7.42. The number of benzene rings is 1. The maximum atomic E-state index is 5.85. The van der Waals surface area contributed by atoms with Crippen LogP contribution in [0.4, 0.5) is 0 Å². The second-order valence-corrected chi connectivity index (χ2v) is 4.79. The van der Waals surface area contributed by atoms with Crippen LogP contribution >= 0.6 is 11.6 Å². The number of aromatic nitrogens is 5. The van der Waals surface area contributed by atoms with Gasteiger partial charge in [-0.1, -0.05) is 11.6 Å². The summed E-state index contributed by atoms with van der Waals surface area (Å²) in [7, 11) is 1.61. The van der Waals surface area contributed by atoms with Crippen LogP contribution in [0, 0.1) is 6.92 Å². The Labute approximate surface area is 126 Å². The first-order chi connectivity index (χ1) is 10.2. The fraction of sp³-hybridized carbons (Fsp3) is 0.143. The fourth-order valence-electron chi connectivity index (χ4n) is 2.07. The molecule has 0 aliphatic heterocycles. The fourth-order valence-corrected chi connectivity index (χ4v) is 2.27. The smallest absolute Gasteiger partial charge is 0.152 e. The molecule has 0 aliphatic carbocycles. The van der Waals surface area contributed by atoms with E-state index in [1.165, 1.54) is 4.80 Å².